The van der Waals surface area contributed by atoms with Crippen molar-refractivity contribution in [3.8, 4) is 0 Å². The predicted molar refractivity (Wildman–Crippen MR) is 54.8 cm³/mol. The molecule has 0 aromatic carbocycles. The highest BCUT2D eigenvalue weighted by molar-refractivity contribution is 5.13. The third kappa shape index (κ3) is 2.16. The molecule has 0 amide bonds. The Bertz CT molecular complexity index is 255. The molecule has 0 bridgehead atoms. The highest BCUT2D eigenvalue weighted by Crippen LogP contribution is 2.34. The Kier molecular flexibility index (Phi) is 3.02. The lowest BCUT2D eigenvalue weighted by Gasteiger charge is -2.17. The number of hydrogen-bond donors (Lipinski definition) is 0. The van der Waals surface area contributed by atoms with Gasteiger partial charge in [-0.3, -0.25) is 0 Å². The summed E-state index contributed by atoms with van der Waals surface area (Å²) in [7, 11) is 1.58. The van der Waals surface area contributed by atoms with Crippen LogP contribution in [0.15, 0.2) is 24.5 Å². The van der Waals surface area contributed by atoms with Crippen LogP contribution in [-0.4, -0.2) is 25.1 Å². The van der Waals surface area contributed by atoms with E-state index in [0.29, 0.717) is 5.76 Å². The topological polar surface area (TPSA) is 27.7 Å². The summed E-state index contributed by atoms with van der Waals surface area (Å²) in [5, 5.41) is 0. The van der Waals surface area contributed by atoms with Crippen molar-refractivity contribution in [1.82, 2.24) is 0 Å². The molecular formula is C11H18O3. The van der Waals surface area contributed by atoms with E-state index < -0.39 is 5.79 Å². The molecule has 1 unspecified atom stereocenters. The summed E-state index contributed by atoms with van der Waals surface area (Å²) in [5.74, 6) is -0.0287. The van der Waals surface area contributed by atoms with Crippen LogP contribution in [0.5, 0.6) is 0 Å². The van der Waals surface area contributed by atoms with Crippen LogP contribution in [0.3, 0.4) is 0 Å². The average molecular weight is 198 g/mol. The molecule has 0 radical (unpaired) electrons. The van der Waals surface area contributed by atoms with Gasteiger partial charge in [-0.05, 0) is 26.3 Å². The summed E-state index contributed by atoms with van der Waals surface area (Å²) in [4.78, 5) is 0. The maximum Gasteiger partial charge on any atom is 0.164 e. The molecule has 80 valence electrons. The smallest absolute Gasteiger partial charge is 0.164 e. The highest BCUT2D eigenvalue weighted by atomic mass is 16.8. The molecule has 0 aromatic heterocycles. The minimum atomic E-state index is -0.601. The van der Waals surface area contributed by atoms with Gasteiger partial charge in [0.1, 0.15) is 18.0 Å². The lowest BCUT2D eigenvalue weighted by molar-refractivity contribution is -0.143. The van der Waals surface area contributed by atoms with E-state index in [2.05, 4.69) is 13.2 Å². The van der Waals surface area contributed by atoms with Gasteiger partial charge in [0.15, 0.2) is 5.79 Å². The molecule has 1 aliphatic heterocycles. The largest absolute Gasteiger partial charge is 0.499 e. The van der Waals surface area contributed by atoms with Gasteiger partial charge in [0.2, 0.25) is 0 Å². The van der Waals surface area contributed by atoms with Gasteiger partial charge in [0.05, 0.1) is 7.11 Å². The second kappa shape index (κ2) is 3.75. The first kappa shape index (κ1) is 11.3. The van der Waals surface area contributed by atoms with Crippen molar-refractivity contribution < 1.29 is 14.2 Å². The molecule has 0 aliphatic carbocycles. The first-order valence-electron chi connectivity index (χ1n) is 4.61. The minimum Gasteiger partial charge on any atom is -0.499 e. The maximum atomic E-state index is 5.68. The number of rotatable bonds is 3. The van der Waals surface area contributed by atoms with E-state index in [-0.39, 0.29) is 12.2 Å². The van der Waals surface area contributed by atoms with E-state index in [1.54, 1.807) is 7.11 Å². The van der Waals surface area contributed by atoms with E-state index in [9.17, 15) is 0 Å². The second-order valence-electron chi connectivity index (χ2n) is 3.99. The number of ether oxygens (including phenoxy) is 3. The molecule has 0 saturated carbocycles. The van der Waals surface area contributed by atoms with Gasteiger partial charge in [-0.2, -0.15) is 0 Å². The van der Waals surface area contributed by atoms with Gasteiger partial charge < -0.3 is 14.2 Å². The van der Waals surface area contributed by atoms with Crippen LogP contribution in [-0.2, 0) is 14.2 Å². The second-order valence-corrected chi connectivity index (χ2v) is 3.99. The van der Waals surface area contributed by atoms with Gasteiger partial charge in [-0.15, -0.1) is 0 Å². The summed E-state index contributed by atoms with van der Waals surface area (Å²) < 4.78 is 16.4. The van der Waals surface area contributed by atoms with Crippen LogP contribution in [0.2, 0.25) is 0 Å². The molecule has 3 heteroatoms. The van der Waals surface area contributed by atoms with Crippen molar-refractivity contribution >= 4 is 0 Å². The SMILES string of the molecule is C=C(C)C1OC(C)(C)O[C@H]1C(=C)OC. The maximum absolute atomic E-state index is 5.68. The van der Waals surface area contributed by atoms with Crippen LogP contribution in [0.4, 0.5) is 0 Å². The lowest BCUT2D eigenvalue weighted by Crippen LogP contribution is -2.25. The van der Waals surface area contributed by atoms with Crippen molar-refractivity contribution in [1.29, 1.82) is 0 Å². The third-order valence-electron chi connectivity index (χ3n) is 2.16. The molecule has 0 aromatic rings. The fraction of sp³-hybridized carbons (Fsp3) is 0.636. The van der Waals surface area contributed by atoms with Gasteiger partial charge in [-0.1, -0.05) is 13.2 Å². The molecule has 1 saturated heterocycles. The van der Waals surface area contributed by atoms with Gasteiger partial charge in [0, 0.05) is 0 Å². The number of methoxy groups -OCH3 is 1. The zero-order valence-corrected chi connectivity index (χ0v) is 9.29. The molecule has 1 rings (SSSR count). The first-order chi connectivity index (χ1) is 6.37. The van der Waals surface area contributed by atoms with Crippen LogP contribution >= 0.6 is 0 Å². The fourth-order valence-corrected chi connectivity index (χ4v) is 1.47. The van der Waals surface area contributed by atoms with E-state index >= 15 is 0 Å². The quantitative estimate of drug-likeness (QED) is 0.514. The molecule has 1 heterocycles. The zero-order valence-electron chi connectivity index (χ0n) is 9.29. The first-order valence-corrected chi connectivity index (χ1v) is 4.61. The van der Waals surface area contributed by atoms with E-state index in [1.165, 1.54) is 0 Å². The summed E-state index contributed by atoms with van der Waals surface area (Å²) in [6.45, 7) is 13.3. The molecule has 1 aliphatic rings. The Labute approximate surface area is 85.3 Å². The summed E-state index contributed by atoms with van der Waals surface area (Å²) >= 11 is 0. The average Bonchev–Trinajstić information content (AvgIpc) is 2.40. The standard InChI is InChI=1S/C11H18O3/c1-7(2)9-10(8(3)12-6)14-11(4,5)13-9/h9-10H,1,3H2,2,4-6H3/t9?,10-/m0/s1. The van der Waals surface area contributed by atoms with Crippen molar-refractivity contribution in [3.05, 3.63) is 24.5 Å². The van der Waals surface area contributed by atoms with Crippen molar-refractivity contribution in [3.63, 3.8) is 0 Å². The zero-order chi connectivity index (χ0) is 10.9. The van der Waals surface area contributed by atoms with E-state index in [1.807, 2.05) is 20.8 Å². The Morgan fingerprint density at radius 3 is 2.14 bits per heavy atom. The lowest BCUT2D eigenvalue weighted by atomic mass is 10.1. The fourth-order valence-electron chi connectivity index (χ4n) is 1.47. The van der Waals surface area contributed by atoms with Crippen molar-refractivity contribution in [2.75, 3.05) is 7.11 Å². The van der Waals surface area contributed by atoms with Crippen LogP contribution in [0.1, 0.15) is 20.8 Å². The number of hydrogen-bond acceptors (Lipinski definition) is 3. The van der Waals surface area contributed by atoms with Crippen molar-refractivity contribution in [2.45, 2.75) is 38.8 Å². The van der Waals surface area contributed by atoms with Gasteiger partial charge in [-0.25, -0.2) is 0 Å². The summed E-state index contributed by atoms with van der Waals surface area (Å²) in [6.07, 6.45) is -0.426. The normalized spacial score (nSPS) is 30.0. The molecule has 2 atom stereocenters. The summed E-state index contributed by atoms with van der Waals surface area (Å²) in [6, 6.07) is 0. The predicted octanol–water partition coefficient (Wildman–Crippen LogP) is 2.24. The molecule has 14 heavy (non-hydrogen) atoms. The molecule has 0 N–H and O–H groups in total. The van der Waals surface area contributed by atoms with Crippen molar-refractivity contribution in [2.24, 2.45) is 0 Å². The molecule has 0 spiro atoms. The molecule has 1 fully saturated rings. The van der Waals surface area contributed by atoms with Gasteiger partial charge in [0.25, 0.3) is 0 Å². The van der Waals surface area contributed by atoms with Crippen LogP contribution in [0, 0.1) is 0 Å². The van der Waals surface area contributed by atoms with E-state index in [4.69, 9.17) is 14.2 Å². The summed E-state index contributed by atoms with van der Waals surface area (Å²) in [5.41, 5.74) is 0.916. The molecule has 3 nitrogen and oxygen atoms in total. The Hall–Kier alpha value is -0.800. The molecular weight excluding hydrogens is 180 g/mol. The minimum absolute atomic E-state index is 0.169. The van der Waals surface area contributed by atoms with Crippen LogP contribution < -0.4 is 0 Å². The third-order valence-corrected chi connectivity index (χ3v) is 2.16. The Balaban J connectivity index is 2.83. The van der Waals surface area contributed by atoms with Gasteiger partial charge >= 0.3 is 0 Å². The Morgan fingerprint density at radius 2 is 1.71 bits per heavy atom. The monoisotopic (exact) mass is 198 g/mol. The van der Waals surface area contributed by atoms with Crippen LogP contribution in [0.25, 0.3) is 0 Å². The highest BCUT2D eigenvalue weighted by Gasteiger charge is 2.43. The van der Waals surface area contributed by atoms with E-state index in [0.717, 1.165) is 5.57 Å². The Morgan fingerprint density at radius 1 is 1.21 bits per heavy atom.